The van der Waals surface area contributed by atoms with E-state index in [-0.39, 0.29) is 29.9 Å². The van der Waals surface area contributed by atoms with Gasteiger partial charge in [0.2, 0.25) is 5.88 Å². The summed E-state index contributed by atoms with van der Waals surface area (Å²) in [4.78, 5) is 28.3. The second kappa shape index (κ2) is 10.5. The molecule has 0 unspecified atom stereocenters. The van der Waals surface area contributed by atoms with Gasteiger partial charge < -0.3 is 24.5 Å². The Morgan fingerprint density at radius 1 is 1.09 bits per heavy atom. The number of halogens is 1. The summed E-state index contributed by atoms with van der Waals surface area (Å²) >= 11 is 6.11. The minimum atomic E-state index is -0.570. The summed E-state index contributed by atoms with van der Waals surface area (Å²) in [5.41, 5.74) is 2.04. The molecule has 3 aromatic rings. The van der Waals surface area contributed by atoms with Crippen LogP contribution in [0.3, 0.4) is 0 Å². The van der Waals surface area contributed by atoms with Gasteiger partial charge in [-0.2, -0.15) is 0 Å². The molecule has 0 saturated heterocycles. The summed E-state index contributed by atoms with van der Waals surface area (Å²) in [6.45, 7) is 1.90. The van der Waals surface area contributed by atoms with E-state index in [2.05, 4.69) is 25.8 Å². The van der Waals surface area contributed by atoms with Crippen molar-refractivity contribution in [1.82, 2.24) is 15.2 Å². The molecule has 10 nitrogen and oxygen atoms in total. The molecular formula is C23H24ClN5O5. The van der Waals surface area contributed by atoms with Crippen LogP contribution in [-0.4, -0.2) is 40.3 Å². The van der Waals surface area contributed by atoms with Crippen LogP contribution >= 0.6 is 11.6 Å². The number of ether oxygens (including phenoxy) is 2. The smallest absolute Gasteiger partial charge is 0.320 e. The maximum Gasteiger partial charge on any atom is 0.320 e. The van der Waals surface area contributed by atoms with Gasteiger partial charge >= 0.3 is 23.8 Å². The van der Waals surface area contributed by atoms with Gasteiger partial charge in [-0.3, -0.25) is 9.59 Å². The molecule has 1 fully saturated rings. The maximum atomic E-state index is 12.4. The number of rotatable bonds is 7. The van der Waals surface area contributed by atoms with Gasteiger partial charge in [0.05, 0.1) is 24.9 Å². The molecule has 11 heteroatoms. The van der Waals surface area contributed by atoms with Crippen molar-refractivity contribution < 1.29 is 23.5 Å². The summed E-state index contributed by atoms with van der Waals surface area (Å²) in [7, 11) is 1.41. The number of hydrogen-bond acceptors (Lipinski definition) is 9. The minimum Gasteiger partial charge on any atom is -0.474 e. The predicted octanol–water partition coefficient (Wildman–Crippen LogP) is 4.53. The van der Waals surface area contributed by atoms with Gasteiger partial charge in [0.25, 0.3) is 0 Å². The largest absolute Gasteiger partial charge is 0.474 e. The van der Waals surface area contributed by atoms with Crippen molar-refractivity contribution in [2.45, 2.75) is 38.7 Å². The number of methoxy groups -OCH3 is 1. The Bertz CT molecular complexity index is 1160. The Kier molecular flexibility index (Phi) is 7.27. The number of nitrogens with one attached hydrogen (secondary N) is 2. The molecule has 2 aromatic heterocycles. The summed E-state index contributed by atoms with van der Waals surface area (Å²) in [6, 6.07) is 8.79. The summed E-state index contributed by atoms with van der Waals surface area (Å²) in [6.07, 6.45) is 4.43. The van der Waals surface area contributed by atoms with Crippen LogP contribution in [0.15, 0.2) is 40.9 Å². The lowest BCUT2D eigenvalue weighted by molar-refractivity contribution is -0.147. The third kappa shape index (κ3) is 5.82. The fraction of sp³-hybridized carbons (Fsp3) is 0.348. The Morgan fingerprint density at radius 3 is 2.53 bits per heavy atom. The first-order valence-corrected chi connectivity index (χ1v) is 11.2. The fourth-order valence-electron chi connectivity index (χ4n) is 3.62. The van der Waals surface area contributed by atoms with E-state index in [0.29, 0.717) is 22.3 Å². The number of anilines is 3. The highest BCUT2D eigenvalue weighted by atomic mass is 35.5. The van der Waals surface area contributed by atoms with Crippen LogP contribution in [0.2, 0.25) is 5.02 Å². The van der Waals surface area contributed by atoms with E-state index >= 15 is 0 Å². The standard InChI is InChI=1S/C23H24ClN5O5/c1-13-3-6-15(11-18(13)24)27-23-29-28-21(34-23)20(30)26-16-7-10-19(25-12-16)33-17-8-4-14(5-9-17)22(31)32-2/h3,6-7,10-12,14,17H,4-5,8-9H2,1-2H3,(H,26,30)(H,27,29)/t14-,17-. The van der Waals surface area contributed by atoms with Gasteiger partial charge in [0, 0.05) is 16.8 Å². The first-order valence-electron chi connectivity index (χ1n) is 10.8. The second-order valence-electron chi connectivity index (χ2n) is 7.96. The third-order valence-electron chi connectivity index (χ3n) is 5.53. The third-order valence-corrected chi connectivity index (χ3v) is 5.94. The molecule has 2 N–H and O–H groups in total. The number of amides is 1. The molecule has 1 aliphatic carbocycles. The van der Waals surface area contributed by atoms with Gasteiger partial charge in [-0.05, 0) is 56.4 Å². The lowest BCUT2D eigenvalue weighted by Crippen LogP contribution is -2.28. The summed E-state index contributed by atoms with van der Waals surface area (Å²) in [5, 5.41) is 13.8. The Hall–Kier alpha value is -3.66. The average Bonchev–Trinajstić information content (AvgIpc) is 3.31. The quantitative estimate of drug-likeness (QED) is 0.463. The molecule has 1 amide bonds. The van der Waals surface area contributed by atoms with E-state index in [1.807, 2.05) is 19.1 Å². The molecule has 178 valence electrons. The molecule has 0 bridgehead atoms. The molecule has 0 aliphatic heterocycles. The molecule has 1 aliphatic rings. The predicted molar refractivity (Wildman–Crippen MR) is 124 cm³/mol. The van der Waals surface area contributed by atoms with E-state index in [1.54, 1.807) is 18.2 Å². The molecule has 2 heterocycles. The molecule has 0 spiro atoms. The van der Waals surface area contributed by atoms with E-state index in [4.69, 9.17) is 25.5 Å². The van der Waals surface area contributed by atoms with E-state index < -0.39 is 5.91 Å². The zero-order valence-corrected chi connectivity index (χ0v) is 19.5. The van der Waals surface area contributed by atoms with Crippen molar-refractivity contribution in [3.63, 3.8) is 0 Å². The highest BCUT2D eigenvalue weighted by Crippen LogP contribution is 2.28. The Morgan fingerprint density at radius 2 is 1.85 bits per heavy atom. The zero-order valence-electron chi connectivity index (χ0n) is 18.7. The van der Waals surface area contributed by atoms with Crippen molar-refractivity contribution in [3.8, 4) is 5.88 Å². The number of nitrogens with zero attached hydrogens (tertiary/aromatic N) is 3. The van der Waals surface area contributed by atoms with Crippen molar-refractivity contribution in [1.29, 1.82) is 0 Å². The van der Waals surface area contributed by atoms with Crippen LogP contribution in [0.25, 0.3) is 0 Å². The maximum absolute atomic E-state index is 12.4. The van der Waals surface area contributed by atoms with Gasteiger partial charge in [0.1, 0.15) is 6.10 Å². The normalized spacial score (nSPS) is 17.6. The SMILES string of the molecule is COC(=O)[C@H]1CC[C@H](Oc2ccc(NC(=O)c3nnc(Nc4ccc(C)c(Cl)c4)o3)cn2)CC1. The van der Waals surface area contributed by atoms with E-state index in [0.717, 1.165) is 31.2 Å². The van der Waals surface area contributed by atoms with Crippen molar-refractivity contribution in [2.75, 3.05) is 17.7 Å². The van der Waals surface area contributed by atoms with Crippen LogP contribution in [0.4, 0.5) is 17.4 Å². The molecule has 4 rings (SSSR count). The lowest BCUT2D eigenvalue weighted by Gasteiger charge is -2.27. The van der Waals surface area contributed by atoms with Gasteiger partial charge in [-0.25, -0.2) is 4.98 Å². The summed E-state index contributed by atoms with van der Waals surface area (Å²) in [5.74, 6) is -0.561. The summed E-state index contributed by atoms with van der Waals surface area (Å²) < 4.78 is 16.1. The van der Waals surface area contributed by atoms with Crippen LogP contribution in [0, 0.1) is 12.8 Å². The van der Waals surface area contributed by atoms with Crippen LogP contribution in [0.1, 0.15) is 41.9 Å². The highest BCUT2D eigenvalue weighted by Gasteiger charge is 2.28. The Labute approximate surface area is 201 Å². The molecule has 34 heavy (non-hydrogen) atoms. The number of pyridine rings is 1. The molecule has 0 atom stereocenters. The van der Waals surface area contributed by atoms with Crippen molar-refractivity contribution >= 4 is 40.9 Å². The van der Waals surface area contributed by atoms with E-state index in [9.17, 15) is 9.59 Å². The number of aryl methyl sites for hydroxylation is 1. The number of benzene rings is 1. The lowest BCUT2D eigenvalue weighted by atomic mass is 9.87. The van der Waals surface area contributed by atoms with Gasteiger partial charge in [0.15, 0.2) is 0 Å². The number of hydrogen-bond donors (Lipinski definition) is 2. The molecule has 0 radical (unpaired) electrons. The van der Waals surface area contributed by atoms with Gasteiger partial charge in [-0.1, -0.05) is 22.8 Å². The number of carbonyl (C=O) groups is 2. The fourth-order valence-corrected chi connectivity index (χ4v) is 3.80. The average molecular weight is 486 g/mol. The number of aromatic nitrogens is 3. The van der Waals surface area contributed by atoms with Crippen molar-refractivity contribution in [3.05, 3.63) is 53.0 Å². The van der Waals surface area contributed by atoms with E-state index in [1.165, 1.54) is 13.3 Å². The monoisotopic (exact) mass is 485 g/mol. The number of carbonyl (C=O) groups excluding carboxylic acids is 2. The molecule has 1 aromatic carbocycles. The van der Waals surface area contributed by atoms with Crippen LogP contribution in [-0.2, 0) is 9.53 Å². The highest BCUT2D eigenvalue weighted by molar-refractivity contribution is 6.31. The minimum absolute atomic E-state index is 0.0124. The van der Waals surface area contributed by atoms with Crippen LogP contribution in [0.5, 0.6) is 5.88 Å². The Balaban J connectivity index is 1.28. The zero-order chi connectivity index (χ0) is 24.1. The number of esters is 1. The first kappa shape index (κ1) is 23.5. The topological polar surface area (TPSA) is 128 Å². The van der Waals surface area contributed by atoms with Crippen LogP contribution < -0.4 is 15.4 Å². The second-order valence-corrected chi connectivity index (χ2v) is 8.36. The first-order chi connectivity index (χ1) is 16.4. The van der Waals surface area contributed by atoms with Crippen molar-refractivity contribution in [2.24, 2.45) is 5.92 Å². The van der Waals surface area contributed by atoms with Gasteiger partial charge in [-0.15, -0.1) is 5.10 Å². The molecule has 1 saturated carbocycles. The molecular weight excluding hydrogens is 462 g/mol.